The topological polar surface area (TPSA) is 89.8 Å². The van der Waals surface area contributed by atoms with Gasteiger partial charge in [-0.05, 0) is 61.4 Å². The second-order valence-corrected chi connectivity index (χ2v) is 11.8. The normalized spacial score (nSPS) is 22.4. The van der Waals surface area contributed by atoms with E-state index in [4.69, 9.17) is 21.3 Å². The number of dihydropyridines is 1. The van der Waals surface area contributed by atoms with E-state index in [9.17, 15) is 18.8 Å². The molecule has 3 aliphatic heterocycles. The van der Waals surface area contributed by atoms with Crippen LogP contribution in [0.25, 0.3) is 16.3 Å². The summed E-state index contributed by atoms with van der Waals surface area (Å²) >= 11 is 6.44. The summed E-state index contributed by atoms with van der Waals surface area (Å²) < 4.78 is 34.0. The lowest BCUT2D eigenvalue weighted by atomic mass is 9.83. The molecule has 2 atom stereocenters. The standard InChI is InChI=1S/C33H32ClF2N5O2/c1-20(35)31(42)39-14-13-38-30-24-9-7-22(23-6-2-5-21-8-10-26(36)29(34)28(21)23)17-27(24)40-32(25(30)18-37)43-19-33-11-3-15-41(33)16-4-12-33/h2,5-10,17,24,27,38H,1,3-4,11-16,19H2,(H,39,42). The lowest BCUT2D eigenvalue weighted by Crippen LogP contribution is -2.44. The van der Waals surface area contributed by atoms with Crippen LogP contribution in [-0.4, -0.2) is 61.1 Å². The minimum atomic E-state index is -1.06. The minimum Gasteiger partial charge on any atom is -0.475 e. The van der Waals surface area contributed by atoms with E-state index in [2.05, 4.69) is 28.2 Å². The Morgan fingerprint density at radius 2 is 2.02 bits per heavy atom. The maximum absolute atomic E-state index is 14.5. The van der Waals surface area contributed by atoms with Gasteiger partial charge in [0.15, 0.2) is 5.83 Å². The molecule has 6 rings (SSSR count). The van der Waals surface area contributed by atoms with Crippen LogP contribution in [0.4, 0.5) is 8.78 Å². The maximum Gasteiger partial charge on any atom is 0.279 e. The second-order valence-electron chi connectivity index (χ2n) is 11.4. The molecular weight excluding hydrogens is 572 g/mol. The number of benzene rings is 2. The number of nitrogens with zero attached hydrogens (tertiary/aromatic N) is 3. The molecule has 2 aromatic rings. The van der Waals surface area contributed by atoms with E-state index in [0.717, 1.165) is 55.3 Å². The summed E-state index contributed by atoms with van der Waals surface area (Å²) in [6.07, 6.45) is 10.2. The van der Waals surface area contributed by atoms with Crippen molar-refractivity contribution in [3.05, 3.63) is 88.6 Å². The molecule has 2 N–H and O–H groups in total. The highest BCUT2D eigenvalue weighted by molar-refractivity contribution is 6.36. The van der Waals surface area contributed by atoms with Gasteiger partial charge in [0.1, 0.15) is 24.1 Å². The zero-order chi connectivity index (χ0) is 30.1. The molecule has 4 aliphatic rings. The van der Waals surface area contributed by atoms with Crippen LogP contribution in [0.2, 0.25) is 5.02 Å². The van der Waals surface area contributed by atoms with Crippen molar-refractivity contribution in [2.75, 3.05) is 32.8 Å². The summed E-state index contributed by atoms with van der Waals surface area (Å²) in [7, 11) is 0. The Bertz CT molecular complexity index is 1650. The third-order valence-corrected chi connectivity index (χ3v) is 9.27. The summed E-state index contributed by atoms with van der Waals surface area (Å²) in [4.78, 5) is 19.1. The molecule has 2 saturated heterocycles. The number of hydrogen-bond acceptors (Lipinski definition) is 6. The van der Waals surface area contributed by atoms with Gasteiger partial charge in [-0.1, -0.05) is 60.7 Å². The Morgan fingerprint density at radius 3 is 2.77 bits per heavy atom. The molecule has 2 unspecified atom stereocenters. The maximum atomic E-state index is 14.5. The number of aliphatic imine (C=N–C) groups is 1. The summed E-state index contributed by atoms with van der Waals surface area (Å²) in [6.45, 7) is 5.94. The second kappa shape index (κ2) is 11.9. The molecule has 222 valence electrons. The highest BCUT2D eigenvalue weighted by Crippen LogP contribution is 2.41. The van der Waals surface area contributed by atoms with E-state index >= 15 is 0 Å². The number of rotatable bonds is 8. The summed E-state index contributed by atoms with van der Waals surface area (Å²) in [5.41, 5.74) is 2.49. The Morgan fingerprint density at radius 1 is 1.23 bits per heavy atom. The number of fused-ring (bicyclic) bond motifs is 3. The van der Waals surface area contributed by atoms with Gasteiger partial charge in [0.25, 0.3) is 5.91 Å². The molecule has 7 nitrogen and oxygen atoms in total. The van der Waals surface area contributed by atoms with Crippen LogP contribution in [-0.2, 0) is 9.53 Å². The van der Waals surface area contributed by atoms with Gasteiger partial charge in [0.2, 0.25) is 5.90 Å². The number of allylic oxidation sites excluding steroid dienone is 2. The number of ether oxygens (including phenoxy) is 1. The molecule has 2 aromatic carbocycles. The van der Waals surface area contributed by atoms with Gasteiger partial charge in [0, 0.05) is 30.1 Å². The number of amides is 1. The van der Waals surface area contributed by atoms with Crippen LogP contribution >= 0.6 is 11.6 Å². The molecule has 43 heavy (non-hydrogen) atoms. The predicted molar refractivity (Wildman–Crippen MR) is 163 cm³/mol. The first-order valence-electron chi connectivity index (χ1n) is 14.6. The fourth-order valence-corrected chi connectivity index (χ4v) is 7.09. The average molecular weight is 604 g/mol. The lowest BCUT2D eigenvalue weighted by molar-refractivity contribution is -0.118. The molecule has 1 amide bonds. The third kappa shape index (κ3) is 5.46. The molecule has 0 aromatic heterocycles. The largest absolute Gasteiger partial charge is 0.475 e. The van der Waals surface area contributed by atoms with Crippen molar-refractivity contribution >= 4 is 39.8 Å². The van der Waals surface area contributed by atoms with Gasteiger partial charge in [-0.3, -0.25) is 9.69 Å². The molecule has 3 heterocycles. The van der Waals surface area contributed by atoms with Crippen molar-refractivity contribution in [1.82, 2.24) is 15.5 Å². The van der Waals surface area contributed by atoms with Crippen LogP contribution in [0, 0.1) is 23.1 Å². The van der Waals surface area contributed by atoms with Gasteiger partial charge < -0.3 is 15.4 Å². The van der Waals surface area contributed by atoms with Crippen molar-refractivity contribution in [2.24, 2.45) is 10.9 Å². The van der Waals surface area contributed by atoms with Crippen LogP contribution in [0.3, 0.4) is 0 Å². The smallest absolute Gasteiger partial charge is 0.279 e. The molecule has 0 spiro atoms. The van der Waals surface area contributed by atoms with Crippen LogP contribution in [0.5, 0.6) is 0 Å². The zero-order valence-electron chi connectivity index (χ0n) is 23.6. The average Bonchev–Trinajstić information content (AvgIpc) is 3.59. The SMILES string of the molecule is C=C(F)C(=O)NCCNC1=C(C#N)C(OCC23CCCN2CCC3)=NC2C=C(c3cccc4ccc(F)c(Cl)c34)C=CC12. The number of nitrogens with one attached hydrogen (secondary N) is 2. The quantitative estimate of drug-likeness (QED) is 0.303. The predicted octanol–water partition coefficient (Wildman–Crippen LogP) is 5.59. The van der Waals surface area contributed by atoms with Crippen molar-refractivity contribution < 1.29 is 18.3 Å². The Balaban J connectivity index is 1.33. The molecule has 0 bridgehead atoms. The Labute approximate surface area is 254 Å². The number of carbonyl (C=O) groups excluding carboxylic acids is 1. The van der Waals surface area contributed by atoms with E-state index in [0.29, 0.717) is 23.3 Å². The fourth-order valence-electron chi connectivity index (χ4n) is 6.82. The van der Waals surface area contributed by atoms with Crippen LogP contribution in [0.15, 0.2) is 77.2 Å². The number of nitriles is 1. The zero-order valence-corrected chi connectivity index (χ0v) is 24.4. The molecule has 2 fully saturated rings. The van der Waals surface area contributed by atoms with E-state index in [1.54, 1.807) is 6.07 Å². The van der Waals surface area contributed by atoms with Gasteiger partial charge in [-0.15, -0.1) is 0 Å². The van der Waals surface area contributed by atoms with Gasteiger partial charge in [-0.2, -0.15) is 5.26 Å². The molecular formula is C33H32ClF2N5O2. The first kappa shape index (κ1) is 29.1. The van der Waals surface area contributed by atoms with E-state index < -0.39 is 23.6 Å². The summed E-state index contributed by atoms with van der Waals surface area (Å²) in [6, 6.07) is 10.6. The highest BCUT2D eigenvalue weighted by Gasteiger charge is 2.45. The number of halogens is 3. The number of carbonyl (C=O) groups is 1. The van der Waals surface area contributed by atoms with Crippen LogP contribution < -0.4 is 10.6 Å². The van der Waals surface area contributed by atoms with Crippen molar-refractivity contribution in [1.29, 1.82) is 5.26 Å². The van der Waals surface area contributed by atoms with Crippen molar-refractivity contribution in [3.63, 3.8) is 0 Å². The van der Waals surface area contributed by atoms with Gasteiger partial charge >= 0.3 is 0 Å². The number of hydrogen-bond donors (Lipinski definition) is 2. The van der Waals surface area contributed by atoms with Gasteiger partial charge in [0.05, 0.1) is 16.6 Å². The van der Waals surface area contributed by atoms with Crippen molar-refractivity contribution in [2.45, 2.75) is 37.3 Å². The minimum absolute atomic E-state index is 0.0379. The van der Waals surface area contributed by atoms with Gasteiger partial charge in [-0.25, -0.2) is 13.8 Å². The van der Waals surface area contributed by atoms with E-state index in [1.165, 1.54) is 6.07 Å². The molecule has 10 heteroatoms. The molecule has 0 radical (unpaired) electrons. The molecule has 1 aliphatic carbocycles. The summed E-state index contributed by atoms with van der Waals surface area (Å²) in [5, 5.41) is 17.5. The Hall–Kier alpha value is -4.00. The van der Waals surface area contributed by atoms with Crippen molar-refractivity contribution in [3.8, 4) is 6.07 Å². The molecule has 0 saturated carbocycles. The van der Waals surface area contributed by atoms with E-state index in [1.807, 2.05) is 36.4 Å². The monoisotopic (exact) mass is 603 g/mol. The lowest BCUT2D eigenvalue weighted by Gasteiger charge is -2.35. The van der Waals surface area contributed by atoms with Crippen LogP contribution in [0.1, 0.15) is 31.2 Å². The first-order chi connectivity index (χ1) is 20.8. The Kier molecular flexibility index (Phi) is 8.08. The van der Waals surface area contributed by atoms with E-state index in [-0.39, 0.29) is 35.5 Å². The first-order valence-corrected chi connectivity index (χ1v) is 14.9. The highest BCUT2D eigenvalue weighted by atomic mass is 35.5. The third-order valence-electron chi connectivity index (χ3n) is 8.90. The summed E-state index contributed by atoms with van der Waals surface area (Å²) in [5.74, 6) is -2.47. The fraction of sp³-hybridized carbons (Fsp3) is 0.364.